The fourth-order valence-electron chi connectivity index (χ4n) is 1.72. The van der Waals surface area contributed by atoms with Gasteiger partial charge in [-0.15, -0.1) is 0 Å². The summed E-state index contributed by atoms with van der Waals surface area (Å²) in [5.41, 5.74) is 0. The highest BCUT2D eigenvalue weighted by molar-refractivity contribution is 7.89. The van der Waals surface area contributed by atoms with Gasteiger partial charge >= 0.3 is 0 Å². The number of amides is 1. The Labute approximate surface area is 147 Å². The van der Waals surface area contributed by atoms with Crippen LogP contribution in [0.15, 0.2) is 23.1 Å². The summed E-state index contributed by atoms with van der Waals surface area (Å²) in [5.74, 6) is -0.0402. The molecule has 0 aliphatic rings. The molecule has 1 rings (SSSR count). The third-order valence-corrected chi connectivity index (χ3v) is 4.72. The summed E-state index contributed by atoms with van der Waals surface area (Å²) in [6.07, 6.45) is 1.40. The summed E-state index contributed by atoms with van der Waals surface area (Å²) < 4.78 is 36.7. The monoisotopic (exact) mass is 378 g/mol. The van der Waals surface area contributed by atoms with Gasteiger partial charge in [-0.05, 0) is 31.0 Å². The molecular formula is C15H23ClN2O5S. The van der Waals surface area contributed by atoms with E-state index in [1.807, 2.05) is 6.92 Å². The van der Waals surface area contributed by atoms with Crippen LogP contribution in [0.2, 0.25) is 5.02 Å². The van der Waals surface area contributed by atoms with Gasteiger partial charge in [-0.25, -0.2) is 13.1 Å². The standard InChI is InChI=1S/C15H23ClN2O5S/c1-3-7-18-24(20,21)12-5-6-14(13(16)10-12)23-11-15(19)17-8-4-9-22-2/h5-6,10,18H,3-4,7-9,11H2,1-2H3,(H,17,19). The molecule has 0 heterocycles. The molecule has 0 radical (unpaired) electrons. The van der Waals surface area contributed by atoms with Gasteiger partial charge in [0.15, 0.2) is 6.61 Å². The van der Waals surface area contributed by atoms with Gasteiger partial charge in [0.25, 0.3) is 5.91 Å². The number of methoxy groups -OCH3 is 1. The average molecular weight is 379 g/mol. The van der Waals surface area contributed by atoms with E-state index in [0.29, 0.717) is 32.5 Å². The second-order valence-corrected chi connectivity index (χ2v) is 7.15. The lowest BCUT2D eigenvalue weighted by Gasteiger charge is -2.11. The quantitative estimate of drug-likeness (QED) is 0.570. The lowest BCUT2D eigenvalue weighted by Crippen LogP contribution is -2.30. The van der Waals surface area contributed by atoms with Crippen molar-refractivity contribution in [1.82, 2.24) is 10.0 Å². The summed E-state index contributed by atoms with van der Waals surface area (Å²) in [6, 6.07) is 4.11. The molecule has 0 aromatic heterocycles. The Kier molecular flexibility index (Phi) is 9.05. The minimum Gasteiger partial charge on any atom is -0.482 e. The number of carbonyl (C=O) groups is 1. The largest absolute Gasteiger partial charge is 0.482 e. The Morgan fingerprint density at radius 1 is 1.29 bits per heavy atom. The molecule has 0 atom stereocenters. The molecule has 1 aromatic carbocycles. The SMILES string of the molecule is CCCNS(=O)(=O)c1ccc(OCC(=O)NCCCOC)c(Cl)c1. The van der Waals surface area contributed by atoms with Crippen molar-refractivity contribution in [2.75, 3.05) is 33.4 Å². The fourth-order valence-corrected chi connectivity index (χ4v) is 3.18. The van der Waals surface area contributed by atoms with Crippen LogP contribution in [0.1, 0.15) is 19.8 Å². The molecule has 1 aromatic rings. The van der Waals surface area contributed by atoms with Gasteiger partial charge in [-0.1, -0.05) is 18.5 Å². The van der Waals surface area contributed by atoms with Gasteiger partial charge in [0.05, 0.1) is 9.92 Å². The lowest BCUT2D eigenvalue weighted by molar-refractivity contribution is -0.123. The van der Waals surface area contributed by atoms with Crippen molar-refractivity contribution in [3.05, 3.63) is 23.2 Å². The van der Waals surface area contributed by atoms with Crippen LogP contribution in [-0.2, 0) is 19.6 Å². The van der Waals surface area contributed by atoms with E-state index in [1.54, 1.807) is 7.11 Å². The van der Waals surface area contributed by atoms with Gasteiger partial charge in [0.1, 0.15) is 5.75 Å². The highest BCUT2D eigenvalue weighted by Crippen LogP contribution is 2.27. The summed E-state index contributed by atoms with van der Waals surface area (Å²) >= 11 is 6.03. The Hall–Kier alpha value is -1.35. The highest BCUT2D eigenvalue weighted by atomic mass is 35.5. The summed E-state index contributed by atoms with van der Waals surface area (Å²) in [5, 5.41) is 2.80. The van der Waals surface area contributed by atoms with E-state index >= 15 is 0 Å². The number of halogens is 1. The van der Waals surface area contributed by atoms with Crippen LogP contribution >= 0.6 is 11.6 Å². The maximum absolute atomic E-state index is 12.0. The number of ether oxygens (including phenoxy) is 2. The zero-order valence-corrected chi connectivity index (χ0v) is 15.4. The topological polar surface area (TPSA) is 93.7 Å². The molecule has 0 aliphatic heterocycles. The van der Waals surface area contributed by atoms with Crippen molar-refractivity contribution in [2.45, 2.75) is 24.7 Å². The molecule has 24 heavy (non-hydrogen) atoms. The zero-order valence-electron chi connectivity index (χ0n) is 13.8. The van der Waals surface area contributed by atoms with Crippen molar-refractivity contribution in [1.29, 1.82) is 0 Å². The normalized spacial score (nSPS) is 11.3. The molecule has 0 unspecified atom stereocenters. The summed E-state index contributed by atoms with van der Waals surface area (Å²) in [7, 11) is -2.00. The number of hydrogen-bond acceptors (Lipinski definition) is 5. The number of nitrogens with one attached hydrogen (secondary N) is 2. The maximum atomic E-state index is 12.0. The van der Waals surface area contributed by atoms with Crippen molar-refractivity contribution in [3.63, 3.8) is 0 Å². The molecule has 0 aliphatic carbocycles. The van der Waals surface area contributed by atoms with E-state index in [4.69, 9.17) is 21.1 Å². The van der Waals surface area contributed by atoms with Gasteiger partial charge in [-0.2, -0.15) is 0 Å². The fraction of sp³-hybridized carbons (Fsp3) is 0.533. The molecule has 1 amide bonds. The molecule has 0 spiro atoms. The lowest BCUT2D eigenvalue weighted by atomic mass is 10.3. The highest BCUT2D eigenvalue weighted by Gasteiger charge is 2.15. The molecule has 9 heteroatoms. The molecule has 0 saturated carbocycles. The van der Waals surface area contributed by atoms with E-state index in [1.165, 1.54) is 18.2 Å². The molecule has 7 nitrogen and oxygen atoms in total. The van der Waals surface area contributed by atoms with Crippen molar-refractivity contribution >= 4 is 27.5 Å². The van der Waals surface area contributed by atoms with Gasteiger partial charge < -0.3 is 14.8 Å². The minimum absolute atomic E-state index is 0.0531. The van der Waals surface area contributed by atoms with Gasteiger partial charge in [0.2, 0.25) is 10.0 Å². The van der Waals surface area contributed by atoms with Crippen LogP contribution in [0.4, 0.5) is 0 Å². The summed E-state index contributed by atoms with van der Waals surface area (Å²) in [6.45, 7) is 3.07. The van der Waals surface area contributed by atoms with Crippen LogP contribution < -0.4 is 14.8 Å². The Balaban J connectivity index is 2.58. The molecule has 136 valence electrons. The van der Waals surface area contributed by atoms with Crippen molar-refractivity contribution in [2.24, 2.45) is 0 Å². The van der Waals surface area contributed by atoms with E-state index in [2.05, 4.69) is 10.0 Å². The van der Waals surface area contributed by atoms with Crippen LogP contribution in [0, 0.1) is 0 Å². The molecule has 0 fully saturated rings. The van der Waals surface area contributed by atoms with Gasteiger partial charge in [-0.3, -0.25) is 4.79 Å². The Morgan fingerprint density at radius 3 is 2.67 bits per heavy atom. The van der Waals surface area contributed by atoms with E-state index in [0.717, 1.165) is 0 Å². The van der Waals surface area contributed by atoms with E-state index < -0.39 is 10.0 Å². The first kappa shape index (κ1) is 20.7. The summed E-state index contributed by atoms with van der Waals surface area (Å²) in [4.78, 5) is 11.7. The predicted octanol–water partition coefficient (Wildman–Crippen LogP) is 1.56. The Morgan fingerprint density at radius 2 is 2.04 bits per heavy atom. The van der Waals surface area contributed by atoms with Crippen molar-refractivity contribution < 1.29 is 22.7 Å². The first-order valence-electron chi connectivity index (χ1n) is 7.58. The molecule has 0 saturated heterocycles. The first-order chi connectivity index (χ1) is 11.4. The second kappa shape index (κ2) is 10.5. The smallest absolute Gasteiger partial charge is 0.257 e. The molecule has 2 N–H and O–H groups in total. The second-order valence-electron chi connectivity index (χ2n) is 4.97. The van der Waals surface area contributed by atoms with Crippen LogP contribution in [0.3, 0.4) is 0 Å². The van der Waals surface area contributed by atoms with E-state index in [9.17, 15) is 13.2 Å². The van der Waals surface area contributed by atoms with Crippen LogP contribution in [0.25, 0.3) is 0 Å². The predicted molar refractivity (Wildman–Crippen MR) is 91.9 cm³/mol. The van der Waals surface area contributed by atoms with Crippen LogP contribution in [0.5, 0.6) is 5.75 Å². The third kappa shape index (κ3) is 7.04. The third-order valence-electron chi connectivity index (χ3n) is 2.96. The number of benzene rings is 1. The van der Waals surface area contributed by atoms with Crippen LogP contribution in [-0.4, -0.2) is 47.7 Å². The number of carbonyl (C=O) groups excluding carboxylic acids is 1. The zero-order chi connectivity index (χ0) is 18.0. The molecular weight excluding hydrogens is 356 g/mol. The molecule has 0 bridgehead atoms. The maximum Gasteiger partial charge on any atom is 0.257 e. The first-order valence-corrected chi connectivity index (χ1v) is 9.44. The minimum atomic E-state index is -3.59. The number of sulfonamides is 1. The van der Waals surface area contributed by atoms with Gasteiger partial charge in [0, 0.05) is 26.8 Å². The van der Waals surface area contributed by atoms with E-state index in [-0.39, 0.29) is 28.2 Å². The average Bonchev–Trinajstić information content (AvgIpc) is 2.55. The number of rotatable bonds is 11. The number of hydrogen-bond donors (Lipinski definition) is 2. The Bertz CT molecular complexity index is 637. The van der Waals surface area contributed by atoms with Crippen molar-refractivity contribution in [3.8, 4) is 5.75 Å².